The Bertz CT molecular complexity index is 209. The van der Waals surface area contributed by atoms with Crippen LogP contribution in [0, 0.1) is 0 Å². The number of hydrogen-bond donors (Lipinski definition) is 3. The summed E-state index contributed by atoms with van der Waals surface area (Å²) in [7, 11) is 0. The van der Waals surface area contributed by atoms with Gasteiger partial charge in [-0.25, -0.2) is 4.79 Å². The first kappa shape index (κ1) is 7.80. The summed E-state index contributed by atoms with van der Waals surface area (Å²) in [6.45, 7) is -0.255. The van der Waals surface area contributed by atoms with Gasteiger partial charge in [0.2, 0.25) is 0 Å². The van der Waals surface area contributed by atoms with Crippen LogP contribution in [0.4, 0.5) is 4.79 Å². The zero-order chi connectivity index (χ0) is 8.65. The normalized spacial score (nSPS) is 20.6. The maximum Gasteiger partial charge on any atom is 0.407 e. The molecule has 0 atom stereocenters. The van der Waals surface area contributed by atoms with Gasteiger partial charge in [0.1, 0.15) is 5.54 Å². The van der Waals surface area contributed by atoms with Crippen molar-refractivity contribution >= 4 is 12.1 Å². The van der Waals surface area contributed by atoms with E-state index in [0.29, 0.717) is 0 Å². The molecule has 0 spiro atoms. The fourth-order valence-electron chi connectivity index (χ4n) is 0.905. The number of carboxylic acids is 1. The molecule has 62 valence electrons. The summed E-state index contributed by atoms with van der Waals surface area (Å²) in [5.41, 5.74) is 3.91. The van der Waals surface area contributed by atoms with Crippen LogP contribution < -0.4 is 5.73 Å². The molecule has 1 saturated heterocycles. The van der Waals surface area contributed by atoms with Crippen molar-refractivity contribution in [2.24, 2.45) is 5.73 Å². The van der Waals surface area contributed by atoms with Gasteiger partial charge in [-0.1, -0.05) is 0 Å². The number of nitrogens with two attached hydrogens (primary N) is 1. The summed E-state index contributed by atoms with van der Waals surface area (Å²) < 4.78 is 0. The standard InChI is InChI=1S/C5H8N2O4/c6-5(3(8)9)1-7(2-5)4(10)11/h1-2,6H2,(H,8,9)(H,10,11). The minimum Gasteiger partial charge on any atom is -0.480 e. The van der Waals surface area contributed by atoms with E-state index in [2.05, 4.69) is 0 Å². The first-order chi connectivity index (χ1) is 4.96. The molecule has 0 aromatic carbocycles. The zero-order valence-electron chi connectivity index (χ0n) is 5.65. The van der Waals surface area contributed by atoms with Crippen LogP contribution in [0.2, 0.25) is 0 Å². The fourth-order valence-corrected chi connectivity index (χ4v) is 0.905. The number of hydrogen-bond acceptors (Lipinski definition) is 3. The van der Waals surface area contributed by atoms with Crippen molar-refractivity contribution in [3.05, 3.63) is 0 Å². The van der Waals surface area contributed by atoms with Gasteiger partial charge >= 0.3 is 12.1 Å². The molecule has 1 heterocycles. The third kappa shape index (κ3) is 1.12. The largest absolute Gasteiger partial charge is 0.480 e. The lowest BCUT2D eigenvalue weighted by Gasteiger charge is -2.42. The molecule has 6 nitrogen and oxygen atoms in total. The van der Waals surface area contributed by atoms with Crippen molar-refractivity contribution in [2.45, 2.75) is 5.54 Å². The van der Waals surface area contributed by atoms with E-state index in [0.717, 1.165) is 4.90 Å². The molecule has 0 radical (unpaired) electrons. The summed E-state index contributed by atoms with van der Waals surface area (Å²) in [5, 5.41) is 16.8. The maximum absolute atomic E-state index is 10.3. The topological polar surface area (TPSA) is 104 Å². The number of nitrogens with zero attached hydrogens (tertiary/aromatic N) is 1. The van der Waals surface area contributed by atoms with Crippen LogP contribution in [0.3, 0.4) is 0 Å². The highest BCUT2D eigenvalue weighted by Crippen LogP contribution is 2.17. The Balaban J connectivity index is 2.50. The molecule has 0 saturated carbocycles. The second-order valence-corrected chi connectivity index (χ2v) is 2.60. The molecule has 0 unspecified atom stereocenters. The van der Waals surface area contributed by atoms with Gasteiger partial charge in [0.05, 0.1) is 13.1 Å². The van der Waals surface area contributed by atoms with Crippen LogP contribution in [0.1, 0.15) is 0 Å². The summed E-state index contributed by atoms with van der Waals surface area (Å²) >= 11 is 0. The molecule has 1 amide bonds. The zero-order valence-corrected chi connectivity index (χ0v) is 5.65. The van der Waals surface area contributed by atoms with Gasteiger partial charge in [-0.15, -0.1) is 0 Å². The molecule has 1 fully saturated rings. The molecule has 0 aromatic rings. The quantitative estimate of drug-likeness (QED) is 0.445. The minimum atomic E-state index is -1.36. The molecule has 0 aliphatic carbocycles. The second-order valence-electron chi connectivity index (χ2n) is 2.60. The smallest absolute Gasteiger partial charge is 0.407 e. The van der Waals surface area contributed by atoms with Gasteiger partial charge < -0.3 is 20.8 Å². The van der Waals surface area contributed by atoms with Crippen LogP contribution in [0.15, 0.2) is 0 Å². The number of carboxylic acid groups (broad SMARTS) is 2. The SMILES string of the molecule is NC1(C(=O)O)CN(C(=O)O)C1. The molecule has 0 aromatic heterocycles. The highest BCUT2D eigenvalue weighted by molar-refractivity contribution is 5.83. The first-order valence-electron chi connectivity index (χ1n) is 2.96. The highest BCUT2D eigenvalue weighted by Gasteiger charge is 2.48. The van der Waals surface area contributed by atoms with Gasteiger partial charge in [-0.05, 0) is 0 Å². The number of aliphatic carboxylic acids is 1. The van der Waals surface area contributed by atoms with E-state index in [1.807, 2.05) is 0 Å². The monoisotopic (exact) mass is 160 g/mol. The summed E-state index contributed by atoms with van der Waals surface area (Å²) in [5.74, 6) is -1.16. The average Bonchev–Trinajstić information content (AvgIpc) is 1.79. The predicted octanol–water partition coefficient (Wildman–Crippen LogP) is -1.24. The van der Waals surface area contributed by atoms with Gasteiger partial charge in [0.15, 0.2) is 0 Å². The predicted molar refractivity (Wildman–Crippen MR) is 34.2 cm³/mol. The Hall–Kier alpha value is -1.30. The lowest BCUT2D eigenvalue weighted by Crippen LogP contribution is -2.72. The molecule has 0 bridgehead atoms. The average molecular weight is 160 g/mol. The maximum atomic E-state index is 10.3. The number of carbonyl (C=O) groups is 2. The molecule has 11 heavy (non-hydrogen) atoms. The number of rotatable bonds is 1. The van der Waals surface area contributed by atoms with Crippen molar-refractivity contribution < 1.29 is 19.8 Å². The van der Waals surface area contributed by atoms with E-state index in [-0.39, 0.29) is 13.1 Å². The van der Waals surface area contributed by atoms with E-state index in [1.54, 1.807) is 0 Å². The highest BCUT2D eigenvalue weighted by atomic mass is 16.4. The number of amides is 1. The van der Waals surface area contributed by atoms with Gasteiger partial charge in [0.25, 0.3) is 0 Å². The van der Waals surface area contributed by atoms with Crippen molar-refractivity contribution in [1.29, 1.82) is 0 Å². The van der Waals surface area contributed by atoms with Crippen molar-refractivity contribution in [2.75, 3.05) is 13.1 Å². The summed E-state index contributed by atoms with van der Waals surface area (Å²) in [6.07, 6.45) is -1.13. The molecule has 1 aliphatic heterocycles. The Morgan fingerprint density at radius 3 is 2.09 bits per heavy atom. The van der Waals surface area contributed by atoms with Gasteiger partial charge in [0, 0.05) is 0 Å². The van der Waals surface area contributed by atoms with Crippen molar-refractivity contribution in [3.8, 4) is 0 Å². The van der Waals surface area contributed by atoms with Crippen LogP contribution in [0.5, 0.6) is 0 Å². The Labute approximate surface area is 62.2 Å². The lowest BCUT2D eigenvalue weighted by atomic mass is 9.92. The van der Waals surface area contributed by atoms with Gasteiger partial charge in [-0.2, -0.15) is 0 Å². The molecule has 1 rings (SSSR count). The molecule has 4 N–H and O–H groups in total. The minimum absolute atomic E-state index is 0.127. The third-order valence-corrected chi connectivity index (χ3v) is 1.64. The van der Waals surface area contributed by atoms with Crippen LogP contribution >= 0.6 is 0 Å². The summed E-state index contributed by atoms with van der Waals surface area (Å²) in [4.78, 5) is 21.4. The second kappa shape index (κ2) is 2.09. The Morgan fingerprint density at radius 2 is 1.82 bits per heavy atom. The third-order valence-electron chi connectivity index (χ3n) is 1.64. The Kier molecular flexibility index (Phi) is 1.48. The van der Waals surface area contributed by atoms with Crippen LogP contribution in [-0.2, 0) is 4.79 Å². The van der Waals surface area contributed by atoms with E-state index in [1.165, 1.54) is 0 Å². The molecular formula is C5H8N2O4. The molecular weight excluding hydrogens is 152 g/mol. The Morgan fingerprint density at radius 1 is 1.36 bits per heavy atom. The van der Waals surface area contributed by atoms with Gasteiger partial charge in [-0.3, -0.25) is 4.79 Å². The molecule has 6 heteroatoms. The van der Waals surface area contributed by atoms with Crippen LogP contribution in [-0.4, -0.2) is 45.8 Å². The molecule has 1 aliphatic rings. The van der Waals surface area contributed by atoms with E-state index in [9.17, 15) is 9.59 Å². The van der Waals surface area contributed by atoms with Crippen LogP contribution in [0.25, 0.3) is 0 Å². The van der Waals surface area contributed by atoms with Crippen molar-refractivity contribution in [1.82, 2.24) is 4.90 Å². The van der Waals surface area contributed by atoms with E-state index in [4.69, 9.17) is 15.9 Å². The van der Waals surface area contributed by atoms with E-state index >= 15 is 0 Å². The number of likely N-dealkylation sites (tertiary alicyclic amines) is 1. The van der Waals surface area contributed by atoms with Crippen molar-refractivity contribution in [3.63, 3.8) is 0 Å². The lowest BCUT2D eigenvalue weighted by molar-refractivity contribution is -0.148. The summed E-state index contributed by atoms with van der Waals surface area (Å²) in [6, 6.07) is 0. The van der Waals surface area contributed by atoms with E-state index < -0.39 is 17.6 Å². The first-order valence-corrected chi connectivity index (χ1v) is 2.96. The fraction of sp³-hybridized carbons (Fsp3) is 0.600.